The Morgan fingerprint density at radius 3 is 2.62 bits per heavy atom. The largest absolute Gasteiger partial charge is 0.361 e. The quantitative estimate of drug-likeness (QED) is 0.379. The number of hydrogen-bond donors (Lipinski definition) is 2. The summed E-state index contributed by atoms with van der Waals surface area (Å²) in [6.07, 6.45) is 2.07. The molecule has 2 aromatic heterocycles. The molecular weight excluding hydrogens is 376 g/mol. The summed E-state index contributed by atoms with van der Waals surface area (Å²) in [4.78, 5) is 17.5. The summed E-state index contributed by atoms with van der Waals surface area (Å²) in [7, 11) is 0. The molecule has 0 spiro atoms. The van der Waals surface area contributed by atoms with E-state index in [0.717, 1.165) is 16.3 Å². The van der Waals surface area contributed by atoms with Crippen LogP contribution in [0.1, 0.15) is 26.7 Å². The molecule has 29 heavy (non-hydrogen) atoms. The van der Waals surface area contributed by atoms with Gasteiger partial charge in [0, 0.05) is 40.0 Å². The second kappa shape index (κ2) is 7.57. The third kappa shape index (κ3) is 3.43. The maximum atomic E-state index is 12.9. The van der Waals surface area contributed by atoms with Gasteiger partial charge in [0.15, 0.2) is 0 Å². The number of H-pyrrole nitrogens is 1. The fourth-order valence-electron chi connectivity index (χ4n) is 3.86. The number of aromatic amines is 1. The predicted octanol–water partition coefficient (Wildman–Crippen LogP) is 5.94. The first-order valence-corrected chi connectivity index (χ1v) is 10.5. The van der Waals surface area contributed by atoms with Gasteiger partial charge >= 0.3 is 0 Å². The van der Waals surface area contributed by atoms with Crippen LogP contribution in [0.2, 0.25) is 0 Å². The van der Waals surface area contributed by atoms with E-state index >= 15 is 0 Å². The first-order valence-electron chi connectivity index (χ1n) is 9.66. The number of hydrogen-bond acceptors (Lipinski definition) is 2. The van der Waals surface area contributed by atoms with Crippen LogP contribution in [0.5, 0.6) is 0 Å². The van der Waals surface area contributed by atoms with E-state index < -0.39 is 0 Å². The van der Waals surface area contributed by atoms with Gasteiger partial charge in [0.1, 0.15) is 0 Å². The second-order valence-electron chi connectivity index (χ2n) is 7.13. The zero-order valence-electron chi connectivity index (χ0n) is 15.8. The Bertz CT molecular complexity index is 1290. The number of benzene rings is 3. The minimum atomic E-state index is -0.0443. The minimum Gasteiger partial charge on any atom is -0.361 e. The highest BCUT2D eigenvalue weighted by Crippen LogP contribution is 2.32. The molecule has 0 bridgehead atoms. The lowest BCUT2D eigenvalue weighted by Gasteiger charge is -2.16. The van der Waals surface area contributed by atoms with Crippen molar-refractivity contribution >= 4 is 38.9 Å². The van der Waals surface area contributed by atoms with E-state index in [1.54, 1.807) is 11.3 Å². The molecule has 0 radical (unpaired) electrons. The van der Waals surface area contributed by atoms with Crippen molar-refractivity contribution in [3.05, 3.63) is 106 Å². The number of carbonyl (C=O) groups excluding carboxylic acids is 1. The van der Waals surface area contributed by atoms with Crippen molar-refractivity contribution in [2.75, 3.05) is 6.54 Å². The molecule has 142 valence electrons. The molecule has 4 heteroatoms. The summed E-state index contributed by atoms with van der Waals surface area (Å²) in [5.74, 6) is 0.0627. The summed E-state index contributed by atoms with van der Waals surface area (Å²) >= 11 is 1.72. The molecule has 5 aromatic rings. The molecule has 1 atom stereocenters. The fourth-order valence-corrected chi connectivity index (χ4v) is 4.71. The van der Waals surface area contributed by atoms with E-state index in [-0.39, 0.29) is 11.8 Å². The Kier molecular flexibility index (Phi) is 4.62. The average Bonchev–Trinajstić information content (AvgIpc) is 3.44. The lowest BCUT2D eigenvalue weighted by Crippen LogP contribution is -2.28. The van der Waals surface area contributed by atoms with Crippen LogP contribution in [0.25, 0.3) is 21.7 Å². The van der Waals surface area contributed by atoms with Crippen LogP contribution in [-0.4, -0.2) is 17.4 Å². The number of fused-ring (bicyclic) bond motifs is 2. The third-order valence-electron chi connectivity index (χ3n) is 5.36. The van der Waals surface area contributed by atoms with Gasteiger partial charge in [0.05, 0.1) is 0 Å². The van der Waals surface area contributed by atoms with Crippen molar-refractivity contribution in [3.63, 3.8) is 0 Å². The summed E-state index contributed by atoms with van der Waals surface area (Å²) < 4.78 is 0. The molecule has 1 amide bonds. The predicted molar refractivity (Wildman–Crippen MR) is 121 cm³/mol. The van der Waals surface area contributed by atoms with Gasteiger partial charge in [-0.1, -0.05) is 54.6 Å². The van der Waals surface area contributed by atoms with Crippen LogP contribution in [0.4, 0.5) is 0 Å². The Balaban J connectivity index is 1.43. The van der Waals surface area contributed by atoms with Gasteiger partial charge in [0.25, 0.3) is 5.91 Å². The number of nitrogens with one attached hydrogen (secondary N) is 2. The van der Waals surface area contributed by atoms with Crippen molar-refractivity contribution in [2.24, 2.45) is 0 Å². The number of aromatic nitrogens is 1. The number of amides is 1. The Hall–Kier alpha value is -3.37. The van der Waals surface area contributed by atoms with Crippen LogP contribution < -0.4 is 5.32 Å². The first-order chi connectivity index (χ1) is 14.3. The lowest BCUT2D eigenvalue weighted by molar-refractivity contribution is 0.0952. The molecule has 3 nitrogen and oxygen atoms in total. The summed E-state index contributed by atoms with van der Waals surface area (Å²) in [6.45, 7) is 0.550. The van der Waals surface area contributed by atoms with E-state index in [0.29, 0.717) is 12.1 Å². The SMILES string of the molecule is O=C(NCC(c1cccs1)c1c[nH]c2ccccc12)c1ccc2ccccc2c1. The smallest absolute Gasteiger partial charge is 0.251 e. The molecule has 5 rings (SSSR count). The third-order valence-corrected chi connectivity index (χ3v) is 6.35. The Morgan fingerprint density at radius 2 is 1.76 bits per heavy atom. The second-order valence-corrected chi connectivity index (χ2v) is 8.11. The summed E-state index contributed by atoms with van der Waals surface area (Å²) in [5.41, 5.74) is 3.01. The Morgan fingerprint density at radius 1 is 0.931 bits per heavy atom. The number of para-hydroxylation sites is 1. The van der Waals surface area contributed by atoms with E-state index in [1.807, 2.05) is 42.5 Å². The average molecular weight is 397 g/mol. The lowest BCUT2D eigenvalue weighted by atomic mass is 9.96. The zero-order chi connectivity index (χ0) is 19.6. The van der Waals surface area contributed by atoms with Crippen LogP contribution in [0, 0.1) is 0 Å². The molecule has 0 saturated carbocycles. The number of carbonyl (C=O) groups is 1. The molecule has 0 aliphatic carbocycles. The summed E-state index contributed by atoms with van der Waals surface area (Å²) in [6, 6.07) is 26.4. The van der Waals surface area contributed by atoms with Gasteiger partial charge in [-0.05, 0) is 46.0 Å². The first kappa shape index (κ1) is 17.7. The van der Waals surface area contributed by atoms with Crippen LogP contribution in [-0.2, 0) is 0 Å². The van der Waals surface area contributed by atoms with Gasteiger partial charge in [-0.15, -0.1) is 11.3 Å². The molecular formula is C25H20N2OS. The fraction of sp³-hybridized carbons (Fsp3) is 0.0800. The molecule has 0 aliphatic heterocycles. The van der Waals surface area contributed by atoms with Gasteiger partial charge in [-0.3, -0.25) is 4.79 Å². The molecule has 1 unspecified atom stereocenters. The minimum absolute atomic E-state index is 0.0443. The summed E-state index contributed by atoms with van der Waals surface area (Å²) in [5, 5.41) is 8.66. The van der Waals surface area contributed by atoms with Crippen molar-refractivity contribution in [2.45, 2.75) is 5.92 Å². The van der Waals surface area contributed by atoms with E-state index in [2.05, 4.69) is 58.3 Å². The van der Waals surface area contributed by atoms with E-state index in [1.165, 1.54) is 15.8 Å². The van der Waals surface area contributed by atoms with Gasteiger partial charge in [-0.2, -0.15) is 0 Å². The standard InChI is InChI=1S/C25H20N2OS/c28-25(19-12-11-17-6-1-2-7-18(17)14-19)27-16-22(24-10-5-13-29-24)21-15-26-23-9-4-3-8-20(21)23/h1-15,22,26H,16H2,(H,27,28). The van der Waals surface area contributed by atoms with Gasteiger partial charge in [-0.25, -0.2) is 0 Å². The Labute approximate surface area is 173 Å². The molecule has 3 aromatic carbocycles. The zero-order valence-corrected chi connectivity index (χ0v) is 16.6. The number of rotatable bonds is 5. The van der Waals surface area contributed by atoms with Crippen molar-refractivity contribution < 1.29 is 4.79 Å². The molecule has 0 fully saturated rings. The highest BCUT2D eigenvalue weighted by molar-refractivity contribution is 7.10. The topological polar surface area (TPSA) is 44.9 Å². The van der Waals surface area contributed by atoms with Gasteiger partial charge in [0.2, 0.25) is 0 Å². The molecule has 0 saturated heterocycles. The van der Waals surface area contributed by atoms with Crippen LogP contribution in [0.15, 0.2) is 90.4 Å². The monoisotopic (exact) mass is 396 g/mol. The molecule has 2 heterocycles. The number of thiophene rings is 1. The van der Waals surface area contributed by atoms with Crippen molar-refractivity contribution in [1.29, 1.82) is 0 Å². The van der Waals surface area contributed by atoms with E-state index in [9.17, 15) is 4.79 Å². The molecule has 0 aliphatic rings. The normalized spacial score (nSPS) is 12.3. The highest BCUT2D eigenvalue weighted by Gasteiger charge is 2.20. The van der Waals surface area contributed by atoms with Gasteiger partial charge < -0.3 is 10.3 Å². The van der Waals surface area contributed by atoms with E-state index in [4.69, 9.17) is 0 Å². The van der Waals surface area contributed by atoms with Crippen molar-refractivity contribution in [1.82, 2.24) is 10.3 Å². The maximum absolute atomic E-state index is 12.9. The maximum Gasteiger partial charge on any atom is 0.251 e. The molecule has 2 N–H and O–H groups in total. The van der Waals surface area contributed by atoms with Crippen LogP contribution >= 0.6 is 11.3 Å². The highest BCUT2D eigenvalue weighted by atomic mass is 32.1. The van der Waals surface area contributed by atoms with Crippen LogP contribution in [0.3, 0.4) is 0 Å². The van der Waals surface area contributed by atoms with Crippen molar-refractivity contribution in [3.8, 4) is 0 Å².